The lowest BCUT2D eigenvalue weighted by atomic mass is 10.1. The van der Waals surface area contributed by atoms with Crippen molar-refractivity contribution in [3.63, 3.8) is 0 Å². The third kappa shape index (κ3) is 3.99. The summed E-state index contributed by atoms with van der Waals surface area (Å²) < 4.78 is 25.6. The molecule has 3 aromatic carbocycles. The quantitative estimate of drug-likeness (QED) is 0.333. The molecule has 0 aliphatic rings. The highest BCUT2D eigenvalue weighted by Gasteiger charge is 2.15. The fourth-order valence-electron chi connectivity index (χ4n) is 2.54. The topological polar surface area (TPSA) is 154 Å². The Hall–Kier alpha value is -3.73. The number of fused-ring (bicyclic) bond motifs is 1. The first-order valence-electron chi connectivity index (χ1n) is 7.77. The summed E-state index contributed by atoms with van der Waals surface area (Å²) in [6.45, 7) is 0. The van der Waals surface area contributed by atoms with Crippen LogP contribution < -0.4 is 4.72 Å². The lowest BCUT2D eigenvalue weighted by Crippen LogP contribution is -2.09. The van der Waals surface area contributed by atoms with E-state index in [-0.39, 0.29) is 39.6 Å². The van der Waals surface area contributed by atoms with Gasteiger partial charge < -0.3 is 10.2 Å². The predicted molar refractivity (Wildman–Crippen MR) is 103 cm³/mol. The zero-order valence-electron chi connectivity index (χ0n) is 14.4. The molecule has 11 heteroatoms. The molecular weight excluding hydrogens is 388 g/mol. The minimum Gasteiger partial charge on any atom is -0.506 e. The zero-order chi connectivity index (χ0) is 20.5. The van der Waals surface area contributed by atoms with Crippen LogP contribution in [0.5, 0.6) is 11.5 Å². The van der Waals surface area contributed by atoms with E-state index in [9.17, 15) is 28.7 Å². The molecule has 3 aromatic rings. The molecule has 0 aliphatic heterocycles. The number of nitro groups is 1. The second-order valence-electron chi connectivity index (χ2n) is 5.84. The molecular formula is C17H14N4O6S. The Bertz CT molecular complexity index is 1220. The van der Waals surface area contributed by atoms with Crippen molar-refractivity contribution in [2.45, 2.75) is 0 Å². The molecule has 0 aliphatic carbocycles. The van der Waals surface area contributed by atoms with Crippen LogP contribution in [0.25, 0.3) is 10.8 Å². The Morgan fingerprint density at radius 2 is 1.75 bits per heavy atom. The second-order valence-corrected chi connectivity index (χ2v) is 7.59. The van der Waals surface area contributed by atoms with E-state index in [1.807, 2.05) is 0 Å². The number of benzene rings is 3. The molecule has 3 N–H and O–H groups in total. The van der Waals surface area contributed by atoms with Gasteiger partial charge in [-0.25, -0.2) is 8.42 Å². The first kappa shape index (κ1) is 19.0. The molecule has 0 bridgehead atoms. The second kappa shape index (κ2) is 7.12. The summed E-state index contributed by atoms with van der Waals surface area (Å²) in [5.41, 5.74) is -0.365. The minimum absolute atomic E-state index is 0.0600. The smallest absolute Gasteiger partial charge is 0.271 e. The van der Waals surface area contributed by atoms with Gasteiger partial charge in [0.15, 0.2) is 0 Å². The monoisotopic (exact) mass is 402 g/mol. The maximum Gasteiger partial charge on any atom is 0.271 e. The van der Waals surface area contributed by atoms with E-state index in [0.717, 1.165) is 24.5 Å². The largest absolute Gasteiger partial charge is 0.506 e. The molecule has 144 valence electrons. The van der Waals surface area contributed by atoms with Crippen LogP contribution in [0.4, 0.5) is 22.7 Å². The van der Waals surface area contributed by atoms with Gasteiger partial charge in [-0.05, 0) is 23.6 Å². The van der Waals surface area contributed by atoms with E-state index < -0.39 is 14.9 Å². The highest BCUT2D eigenvalue weighted by molar-refractivity contribution is 7.92. The van der Waals surface area contributed by atoms with Gasteiger partial charge >= 0.3 is 0 Å². The van der Waals surface area contributed by atoms with Gasteiger partial charge in [-0.3, -0.25) is 14.8 Å². The van der Waals surface area contributed by atoms with Crippen molar-refractivity contribution >= 4 is 43.5 Å². The predicted octanol–water partition coefficient (Wildman–Crippen LogP) is 3.95. The van der Waals surface area contributed by atoms with Gasteiger partial charge in [0.25, 0.3) is 5.69 Å². The van der Waals surface area contributed by atoms with Crippen LogP contribution in [0, 0.1) is 10.1 Å². The van der Waals surface area contributed by atoms with Crippen molar-refractivity contribution in [2.24, 2.45) is 10.2 Å². The third-order valence-corrected chi connectivity index (χ3v) is 4.31. The Morgan fingerprint density at radius 3 is 2.43 bits per heavy atom. The summed E-state index contributed by atoms with van der Waals surface area (Å²) in [6, 6.07) is 11.0. The van der Waals surface area contributed by atoms with E-state index in [4.69, 9.17) is 0 Å². The number of hydrogen-bond donors (Lipinski definition) is 3. The van der Waals surface area contributed by atoms with Gasteiger partial charge in [-0.1, -0.05) is 18.2 Å². The van der Waals surface area contributed by atoms with Gasteiger partial charge in [0.05, 0.1) is 16.9 Å². The Morgan fingerprint density at radius 1 is 1.04 bits per heavy atom. The van der Waals surface area contributed by atoms with Crippen LogP contribution in [0.3, 0.4) is 0 Å². The molecule has 0 saturated carbocycles. The first-order chi connectivity index (χ1) is 13.2. The van der Waals surface area contributed by atoms with Gasteiger partial charge in [-0.15, -0.1) is 10.2 Å². The molecule has 0 atom stereocenters. The third-order valence-electron chi connectivity index (χ3n) is 3.72. The van der Waals surface area contributed by atoms with E-state index >= 15 is 0 Å². The molecule has 28 heavy (non-hydrogen) atoms. The molecule has 0 fully saturated rings. The summed E-state index contributed by atoms with van der Waals surface area (Å²) in [7, 11) is -3.61. The van der Waals surface area contributed by atoms with E-state index in [2.05, 4.69) is 15.0 Å². The number of anilines is 1. The molecule has 10 nitrogen and oxygen atoms in total. The van der Waals surface area contributed by atoms with Crippen molar-refractivity contribution in [1.29, 1.82) is 0 Å². The zero-order valence-corrected chi connectivity index (χ0v) is 15.2. The van der Waals surface area contributed by atoms with Crippen molar-refractivity contribution in [2.75, 3.05) is 11.0 Å². The number of hydrogen-bond acceptors (Lipinski definition) is 8. The number of sulfonamides is 1. The SMILES string of the molecule is CS(=O)(=O)Nc1cccc2ccc(O)c(N=Nc3cc([N+](=O)[O-])ccc3O)c12. The number of nitro benzene ring substituents is 1. The molecule has 0 spiro atoms. The number of phenolic OH excluding ortho intramolecular Hbond substituents is 2. The van der Waals surface area contributed by atoms with Crippen LogP contribution in [-0.2, 0) is 10.0 Å². The average molecular weight is 402 g/mol. The van der Waals surface area contributed by atoms with Crippen molar-refractivity contribution in [3.05, 3.63) is 58.6 Å². The maximum atomic E-state index is 11.6. The average Bonchev–Trinajstić information content (AvgIpc) is 2.61. The number of nitrogens with one attached hydrogen (secondary N) is 1. The van der Waals surface area contributed by atoms with E-state index in [0.29, 0.717) is 5.39 Å². The van der Waals surface area contributed by atoms with Crippen LogP contribution in [0.2, 0.25) is 0 Å². The maximum absolute atomic E-state index is 11.6. The Kier molecular flexibility index (Phi) is 4.84. The van der Waals surface area contributed by atoms with Crippen molar-refractivity contribution in [1.82, 2.24) is 0 Å². The molecule has 0 amide bonds. The minimum atomic E-state index is -3.61. The van der Waals surface area contributed by atoms with Crippen LogP contribution in [-0.4, -0.2) is 29.8 Å². The first-order valence-corrected chi connectivity index (χ1v) is 9.66. The highest BCUT2D eigenvalue weighted by Crippen LogP contribution is 2.41. The van der Waals surface area contributed by atoms with Gasteiger partial charge in [0, 0.05) is 17.5 Å². The van der Waals surface area contributed by atoms with Crippen LogP contribution >= 0.6 is 0 Å². The van der Waals surface area contributed by atoms with Crippen molar-refractivity contribution in [3.8, 4) is 11.5 Å². The highest BCUT2D eigenvalue weighted by atomic mass is 32.2. The number of phenols is 2. The normalized spacial score (nSPS) is 11.8. The number of azo groups is 1. The fraction of sp³-hybridized carbons (Fsp3) is 0.0588. The molecule has 0 aromatic heterocycles. The molecule has 0 heterocycles. The fourth-order valence-corrected chi connectivity index (χ4v) is 3.11. The number of nitrogens with zero attached hydrogens (tertiary/aromatic N) is 3. The Balaban J connectivity index is 2.18. The molecule has 3 rings (SSSR count). The van der Waals surface area contributed by atoms with E-state index in [1.165, 1.54) is 12.1 Å². The summed E-state index contributed by atoms with van der Waals surface area (Å²) in [6.07, 6.45) is 0.983. The Labute approximate surface area is 159 Å². The van der Waals surface area contributed by atoms with Crippen LogP contribution in [0.15, 0.2) is 58.8 Å². The molecule has 0 unspecified atom stereocenters. The van der Waals surface area contributed by atoms with Gasteiger partial charge in [-0.2, -0.15) is 0 Å². The van der Waals surface area contributed by atoms with Gasteiger partial charge in [0.2, 0.25) is 10.0 Å². The van der Waals surface area contributed by atoms with Gasteiger partial charge in [0.1, 0.15) is 22.9 Å². The molecule has 0 radical (unpaired) electrons. The number of rotatable bonds is 5. The lowest BCUT2D eigenvalue weighted by molar-refractivity contribution is -0.384. The summed E-state index contributed by atoms with van der Waals surface area (Å²) in [5.74, 6) is -0.632. The molecule has 0 saturated heterocycles. The summed E-state index contributed by atoms with van der Waals surface area (Å²) in [5, 5.41) is 39.5. The number of non-ortho nitro benzene ring substituents is 1. The lowest BCUT2D eigenvalue weighted by Gasteiger charge is -2.11. The van der Waals surface area contributed by atoms with E-state index in [1.54, 1.807) is 18.2 Å². The summed E-state index contributed by atoms with van der Waals surface area (Å²) >= 11 is 0. The summed E-state index contributed by atoms with van der Waals surface area (Å²) in [4.78, 5) is 10.2. The van der Waals surface area contributed by atoms with Crippen LogP contribution in [0.1, 0.15) is 0 Å². The standard InChI is InChI=1S/C17H14N4O6S/c1-28(26,27)20-12-4-2-3-10-5-7-15(23)17(16(10)12)19-18-13-9-11(21(24)25)6-8-14(13)22/h2-9,20,22-23H,1H3. The number of aromatic hydroxyl groups is 2. The van der Waals surface area contributed by atoms with Crippen molar-refractivity contribution < 1.29 is 23.6 Å².